The van der Waals surface area contributed by atoms with Gasteiger partial charge in [0, 0.05) is 106 Å². The zero-order chi connectivity index (χ0) is 99.6. The van der Waals surface area contributed by atoms with Crippen LogP contribution in [0, 0.1) is 0 Å². The third-order valence-corrected chi connectivity index (χ3v) is 29.4. The topological polar surface area (TPSA) is 24.5 Å². The van der Waals surface area contributed by atoms with Crippen LogP contribution in [0.2, 0.25) is 0 Å². The third-order valence-electron chi connectivity index (χ3n) is 29.4. The predicted octanol–water partition coefficient (Wildman–Crippen LogP) is 39.9. The first-order valence-corrected chi connectivity index (χ1v) is 51.4. The van der Waals surface area contributed by atoms with E-state index in [1.54, 1.807) is 0 Å². The van der Waals surface area contributed by atoms with Crippen molar-refractivity contribution in [2.45, 2.75) is 0 Å². The predicted molar refractivity (Wildman–Crippen MR) is 637 cm³/mol. The fourth-order valence-electron chi connectivity index (χ4n) is 22.1. The van der Waals surface area contributed by atoms with E-state index in [1.807, 2.05) is 0 Å². The molecule has 0 spiro atoms. The summed E-state index contributed by atoms with van der Waals surface area (Å²) >= 11 is 0. The number of aromatic nitrogens is 3. The second-order valence-electron chi connectivity index (χ2n) is 38.2. The maximum atomic E-state index is 2.42. The number of para-hydroxylation sites is 5. The summed E-state index contributed by atoms with van der Waals surface area (Å²) in [6, 6.07) is 218. The molecule has 3 heterocycles. The summed E-state index contributed by atoms with van der Waals surface area (Å²) in [5, 5.41) is 15.3. The molecule has 0 saturated heterocycles. The minimum absolute atomic E-state index is 1.10. The molecule has 3 aromatic heterocycles. The molecule has 28 aromatic rings. The van der Waals surface area contributed by atoms with Crippen LogP contribution in [-0.4, -0.2) is 13.7 Å². The number of hydrogen-bond donors (Lipinski definition) is 0. The van der Waals surface area contributed by atoms with Crippen molar-refractivity contribution in [2.24, 2.45) is 0 Å². The Labute approximate surface area is 872 Å². The van der Waals surface area contributed by atoms with Gasteiger partial charge in [0.05, 0.1) is 33.1 Å². The Bertz CT molecular complexity index is 9470. The highest BCUT2D eigenvalue weighted by Crippen LogP contribution is 2.47. The van der Waals surface area contributed by atoms with E-state index in [2.05, 4.69) is 635 Å². The zero-order valence-electron chi connectivity index (χ0n) is 82.4. The molecule has 706 valence electrons. The van der Waals surface area contributed by atoms with Crippen molar-refractivity contribution < 1.29 is 0 Å². The van der Waals surface area contributed by atoms with Crippen molar-refractivity contribution in [3.05, 3.63) is 607 Å². The van der Waals surface area contributed by atoms with Crippen molar-refractivity contribution in [3.63, 3.8) is 0 Å². The van der Waals surface area contributed by atoms with Gasteiger partial charge in [-0.3, -0.25) is 0 Å². The molecule has 0 saturated carbocycles. The molecule has 6 heteroatoms. The van der Waals surface area contributed by atoms with Gasteiger partial charge in [-0.1, -0.05) is 431 Å². The van der Waals surface area contributed by atoms with Crippen molar-refractivity contribution >= 4 is 149 Å². The summed E-state index contributed by atoms with van der Waals surface area (Å²) in [6.45, 7) is 0. The molecule has 6 nitrogen and oxygen atoms in total. The molecule has 0 atom stereocenters. The minimum atomic E-state index is 1.10. The largest absolute Gasteiger partial charge is 0.311 e. The highest BCUT2D eigenvalue weighted by molar-refractivity contribution is 6.23. The molecule has 25 aromatic carbocycles. The third kappa shape index (κ3) is 17.4. The Balaban J connectivity index is 0.000000114. The van der Waals surface area contributed by atoms with Crippen molar-refractivity contribution in [2.75, 3.05) is 14.7 Å². The van der Waals surface area contributed by atoms with Crippen LogP contribution in [0.4, 0.5) is 51.2 Å². The number of nitrogens with zero attached hydrogens (tertiary/aromatic N) is 6. The van der Waals surface area contributed by atoms with Crippen LogP contribution >= 0.6 is 0 Å². The summed E-state index contributed by atoms with van der Waals surface area (Å²) in [6.07, 6.45) is 0. The Morgan fingerprint density at radius 3 is 0.587 bits per heavy atom. The lowest BCUT2D eigenvalue weighted by molar-refractivity contribution is 1.18. The quantitative estimate of drug-likeness (QED) is 0.0806. The van der Waals surface area contributed by atoms with Crippen LogP contribution in [-0.2, 0) is 0 Å². The molecule has 0 aliphatic heterocycles. The Hall–Kier alpha value is -19.9. The van der Waals surface area contributed by atoms with Crippen LogP contribution in [0.25, 0.3) is 193 Å². The molecule has 0 unspecified atom stereocenters. The van der Waals surface area contributed by atoms with Gasteiger partial charge < -0.3 is 28.4 Å². The monoisotopic (exact) mass is 1910 g/mol. The van der Waals surface area contributed by atoms with Gasteiger partial charge >= 0.3 is 0 Å². The van der Waals surface area contributed by atoms with E-state index in [0.717, 1.165) is 68.2 Å². The fourth-order valence-corrected chi connectivity index (χ4v) is 22.1. The standard InChI is InChI=1S/2C52H36N2.C40H28N2/c1-3-11-37(12-4-1)39-19-28-44(29-20-39)53(45-30-21-40(22-31-45)38-13-5-2-6-14-38)46-32-23-41(24-33-46)42-25-34-47(35-26-42)54-51-18-10-9-17-49(51)50-36-27-43-15-7-8-16-48(43)52(50)54;1-3-11-37(12-4-1)39-19-28-44(29-20-39)53(45-30-21-40(22-31-45)38-13-5-2-6-14-38)46-32-23-41(24-33-46)42-25-34-47(35-26-42)54-50-18-10-9-17-49(50)52-48-16-8-7-15-43(48)27-36-51(52)54;1-3-12-32(13-4-1)41(33-14-5-2-6-15-33)34-24-19-29(20-25-34)30-21-26-35(27-22-30)42-38-18-10-9-17-37(38)40-36-16-8-7-11-31(36)23-28-39(40)42/h2*1-36H;1-28H. The summed E-state index contributed by atoms with van der Waals surface area (Å²) in [7, 11) is 0. The van der Waals surface area contributed by atoms with E-state index in [-0.39, 0.29) is 0 Å². The number of hydrogen-bond acceptors (Lipinski definition) is 3. The van der Waals surface area contributed by atoms with E-state index in [0.29, 0.717) is 0 Å². The second kappa shape index (κ2) is 40.0. The average molecular weight is 1910 g/mol. The van der Waals surface area contributed by atoms with Crippen LogP contribution in [0.1, 0.15) is 0 Å². The average Bonchev–Trinajstić information content (AvgIpc) is 1.58. The second-order valence-corrected chi connectivity index (χ2v) is 38.2. The van der Waals surface area contributed by atoms with E-state index < -0.39 is 0 Å². The molecule has 0 aliphatic rings. The number of anilines is 9. The molecule has 0 amide bonds. The summed E-state index contributed by atoms with van der Waals surface area (Å²) in [5.41, 5.74) is 37.7. The van der Waals surface area contributed by atoms with Gasteiger partial charge in [0.25, 0.3) is 0 Å². The van der Waals surface area contributed by atoms with E-state index in [1.165, 1.54) is 176 Å². The molecule has 0 bridgehead atoms. The number of benzene rings is 25. The maximum Gasteiger partial charge on any atom is 0.0619 e. The van der Waals surface area contributed by atoms with Gasteiger partial charge in [-0.05, 0) is 281 Å². The van der Waals surface area contributed by atoms with Crippen LogP contribution in [0.3, 0.4) is 0 Å². The summed E-state index contributed by atoms with van der Waals surface area (Å²) < 4.78 is 7.21. The fraction of sp³-hybridized carbons (Fsp3) is 0. The van der Waals surface area contributed by atoms with Crippen LogP contribution in [0.5, 0.6) is 0 Å². The minimum Gasteiger partial charge on any atom is -0.311 e. The van der Waals surface area contributed by atoms with E-state index in [9.17, 15) is 0 Å². The highest BCUT2D eigenvalue weighted by atomic mass is 15.2. The van der Waals surface area contributed by atoms with E-state index >= 15 is 0 Å². The molecular formula is C144H100N6. The lowest BCUT2D eigenvalue weighted by atomic mass is 10.0. The van der Waals surface area contributed by atoms with Crippen molar-refractivity contribution in [1.82, 2.24) is 13.7 Å². The molecular weight excluding hydrogens is 1810 g/mol. The normalized spacial score (nSPS) is 11.3. The van der Waals surface area contributed by atoms with Gasteiger partial charge in [0.15, 0.2) is 0 Å². The first-order valence-electron chi connectivity index (χ1n) is 51.4. The van der Waals surface area contributed by atoms with Crippen molar-refractivity contribution in [1.29, 1.82) is 0 Å². The Morgan fingerprint density at radius 2 is 0.300 bits per heavy atom. The number of fused-ring (bicyclic) bond motifs is 15. The zero-order valence-corrected chi connectivity index (χ0v) is 82.4. The van der Waals surface area contributed by atoms with Gasteiger partial charge in [-0.15, -0.1) is 0 Å². The summed E-state index contributed by atoms with van der Waals surface area (Å²) in [4.78, 5) is 6.96. The van der Waals surface area contributed by atoms with Gasteiger partial charge in [-0.2, -0.15) is 0 Å². The molecule has 0 aliphatic carbocycles. The Kier molecular flexibility index (Phi) is 24.0. The molecule has 150 heavy (non-hydrogen) atoms. The van der Waals surface area contributed by atoms with Crippen LogP contribution < -0.4 is 14.7 Å². The van der Waals surface area contributed by atoms with Gasteiger partial charge in [0.2, 0.25) is 0 Å². The lowest BCUT2D eigenvalue weighted by Gasteiger charge is -2.26. The lowest BCUT2D eigenvalue weighted by Crippen LogP contribution is -2.09. The summed E-state index contributed by atoms with van der Waals surface area (Å²) in [5.74, 6) is 0. The SMILES string of the molecule is c1ccc(-c2ccc(N(c3ccc(-c4ccccc4)cc3)c3ccc(-c4ccc(-n5c6ccccc6c6c7ccccc7ccc65)cc4)cc3)cc2)cc1.c1ccc(-c2ccc(N(c3ccc(-c4ccccc4)cc3)c3ccc(-c4ccc(-n5c6ccccc6c6ccc7ccccc7c65)cc4)cc3)cc2)cc1.c1ccc(N(c2ccccc2)c2ccc(-c3ccc(-n4c5ccccc5c5c6ccccc6ccc54)cc3)cc2)cc1. The number of rotatable bonds is 19. The molecule has 0 radical (unpaired) electrons. The van der Waals surface area contributed by atoms with Crippen LogP contribution in [0.15, 0.2) is 607 Å². The van der Waals surface area contributed by atoms with Gasteiger partial charge in [0.1, 0.15) is 0 Å². The maximum absolute atomic E-state index is 2.42. The molecule has 28 rings (SSSR count). The smallest absolute Gasteiger partial charge is 0.0619 e. The Morgan fingerprint density at radius 1 is 0.107 bits per heavy atom. The first kappa shape index (κ1) is 90.1. The molecule has 0 N–H and O–H groups in total. The van der Waals surface area contributed by atoms with Gasteiger partial charge in [-0.25, -0.2) is 0 Å². The highest BCUT2D eigenvalue weighted by Gasteiger charge is 2.24. The molecule has 0 fully saturated rings. The van der Waals surface area contributed by atoms with Crippen molar-refractivity contribution in [3.8, 4) is 95.0 Å². The van der Waals surface area contributed by atoms with E-state index in [4.69, 9.17) is 0 Å². The first-order chi connectivity index (χ1) is 74.4.